The Hall–Kier alpha value is -0.940. The molecule has 1 aromatic carbocycles. The van der Waals surface area contributed by atoms with Crippen molar-refractivity contribution >= 4 is 35.2 Å². The van der Waals surface area contributed by atoms with E-state index in [1.165, 1.54) is 23.5 Å². The summed E-state index contributed by atoms with van der Waals surface area (Å²) in [6.45, 7) is 0.390. The van der Waals surface area contributed by atoms with Gasteiger partial charge in [-0.05, 0) is 18.1 Å². The van der Waals surface area contributed by atoms with Crippen molar-refractivity contribution in [1.29, 1.82) is 0 Å². The molecule has 0 unspecified atom stereocenters. The average molecular weight is 269 g/mol. The van der Waals surface area contributed by atoms with Gasteiger partial charge in [-0.2, -0.15) is 0 Å². The van der Waals surface area contributed by atoms with Gasteiger partial charge in [-0.25, -0.2) is 0 Å². The molecule has 1 rings (SSSR count). The Morgan fingerprint density at radius 1 is 1.18 bits per heavy atom. The molecule has 0 spiro atoms. The molecule has 0 aromatic heterocycles. The SMILES string of the molecule is CSC(SC)C(=O)C(=O)NCc1ccccc1. The van der Waals surface area contributed by atoms with E-state index >= 15 is 0 Å². The highest BCUT2D eigenvalue weighted by Crippen LogP contribution is 2.19. The highest BCUT2D eigenvalue weighted by Gasteiger charge is 2.23. The molecule has 1 amide bonds. The predicted octanol–water partition coefficient (Wildman–Crippen LogP) is 1.92. The van der Waals surface area contributed by atoms with Gasteiger partial charge in [0.05, 0.1) is 0 Å². The first kappa shape index (κ1) is 14.1. The second-order valence-electron chi connectivity index (χ2n) is 3.34. The summed E-state index contributed by atoms with van der Waals surface area (Å²) in [5.74, 6) is -0.886. The van der Waals surface area contributed by atoms with Crippen LogP contribution in [0.15, 0.2) is 30.3 Å². The Kier molecular flexibility index (Phi) is 6.15. The van der Waals surface area contributed by atoms with Crippen LogP contribution in [0.1, 0.15) is 5.56 Å². The molecule has 0 radical (unpaired) electrons. The van der Waals surface area contributed by atoms with E-state index in [0.29, 0.717) is 6.54 Å². The van der Waals surface area contributed by atoms with E-state index in [1.807, 2.05) is 42.8 Å². The molecule has 0 atom stereocenters. The summed E-state index contributed by atoms with van der Waals surface area (Å²) in [4.78, 5) is 23.3. The van der Waals surface area contributed by atoms with E-state index in [2.05, 4.69) is 5.32 Å². The van der Waals surface area contributed by atoms with Crippen molar-refractivity contribution in [1.82, 2.24) is 5.32 Å². The van der Waals surface area contributed by atoms with Crippen molar-refractivity contribution < 1.29 is 9.59 Å². The van der Waals surface area contributed by atoms with Crippen LogP contribution in [0.25, 0.3) is 0 Å². The van der Waals surface area contributed by atoms with E-state index in [-0.39, 0.29) is 10.4 Å². The first-order valence-electron chi connectivity index (χ1n) is 5.10. The maximum atomic E-state index is 11.7. The third-order valence-corrected chi connectivity index (χ3v) is 4.60. The molecule has 17 heavy (non-hydrogen) atoms. The Morgan fingerprint density at radius 2 is 1.76 bits per heavy atom. The van der Waals surface area contributed by atoms with Gasteiger partial charge >= 0.3 is 0 Å². The van der Waals surface area contributed by atoms with E-state index < -0.39 is 5.91 Å². The fourth-order valence-electron chi connectivity index (χ4n) is 1.28. The lowest BCUT2D eigenvalue weighted by Crippen LogP contribution is -2.35. The smallest absolute Gasteiger partial charge is 0.289 e. The molecule has 0 bridgehead atoms. The first-order chi connectivity index (χ1) is 8.19. The molecule has 0 aliphatic heterocycles. The third-order valence-electron chi connectivity index (χ3n) is 2.16. The number of amides is 1. The highest BCUT2D eigenvalue weighted by atomic mass is 32.2. The lowest BCUT2D eigenvalue weighted by molar-refractivity contribution is -0.136. The van der Waals surface area contributed by atoms with Gasteiger partial charge in [-0.1, -0.05) is 30.3 Å². The van der Waals surface area contributed by atoms with Crippen LogP contribution in [-0.2, 0) is 16.1 Å². The topological polar surface area (TPSA) is 46.2 Å². The average Bonchev–Trinajstić information content (AvgIpc) is 2.38. The molecule has 1 N–H and O–H groups in total. The highest BCUT2D eigenvalue weighted by molar-refractivity contribution is 8.17. The fourth-order valence-corrected chi connectivity index (χ4v) is 2.69. The number of nitrogens with one attached hydrogen (secondary N) is 1. The van der Waals surface area contributed by atoms with Gasteiger partial charge in [0.1, 0.15) is 4.58 Å². The van der Waals surface area contributed by atoms with Crippen LogP contribution >= 0.6 is 23.5 Å². The molecular weight excluding hydrogens is 254 g/mol. The summed E-state index contributed by atoms with van der Waals surface area (Å²) in [6, 6.07) is 9.52. The van der Waals surface area contributed by atoms with Gasteiger partial charge in [0.25, 0.3) is 5.91 Å². The Labute approximate surface area is 110 Å². The molecule has 0 aliphatic rings. The van der Waals surface area contributed by atoms with Crippen molar-refractivity contribution in [2.24, 2.45) is 0 Å². The van der Waals surface area contributed by atoms with Crippen molar-refractivity contribution in [2.45, 2.75) is 11.1 Å². The van der Waals surface area contributed by atoms with Gasteiger partial charge in [0.2, 0.25) is 5.78 Å². The minimum Gasteiger partial charge on any atom is -0.345 e. The van der Waals surface area contributed by atoms with Gasteiger partial charge in [0.15, 0.2) is 0 Å². The summed E-state index contributed by atoms with van der Waals surface area (Å²) >= 11 is 2.76. The molecule has 0 heterocycles. The van der Waals surface area contributed by atoms with Gasteiger partial charge < -0.3 is 5.32 Å². The number of hydrogen-bond acceptors (Lipinski definition) is 4. The quantitative estimate of drug-likeness (QED) is 0.633. The fraction of sp³-hybridized carbons (Fsp3) is 0.333. The monoisotopic (exact) mass is 269 g/mol. The lowest BCUT2D eigenvalue weighted by atomic mass is 10.2. The second kappa shape index (κ2) is 7.40. The number of hydrogen-bond donors (Lipinski definition) is 1. The van der Waals surface area contributed by atoms with Crippen LogP contribution in [0.4, 0.5) is 0 Å². The molecule has 92 valence electrons. The number of ketones is 1. The number of carbonyl (C=O) groups excluding carboxylic acids is 2. The molecule has 5 heteroatoms. The second-order valence-corrected chi connectivity index (χ2v) is 5.52. The van der Waals surface area contributed by atoms with E-state index in [0.717, 1.165) is 5.56 Å². The standard InChI is InChI=1S/C12H15NO2S2/c1-16-12(17-2)10(14)11(15)13-8-9-6-4-3-5-7-9/h3-7,12H,8H2,1-2H3,(H,13,15). The summed E-state index contributed by atoms with van der Waals surface area (Å²) in [5.41, 5.74) is 0.985. The zero-order valence-corrected chi connectivity index (χ0v) is 11.4. The molecule has 0 saturated heterocycles. The largest absolute Gasteiger partial charge is 0.345 e. The number of benzene rings is 1. The first-order valence-corrected chi connectivity index (χ1v) is 7.68. The van der Waals surface area contributed by atoms with Crippen LogP contribution in [0, 0.1) is 0 Å². The third kappa shape index (κ3) is 4.44. The van der Waals surface area contributed by atoms with E-state index in [9.17, 15) is 9.59 Å². The van der Waals surface area contributed by atoms with Crippen molar-refractivity contribution in [3.05, 3.63) is 35.9 Å². The zero-order chi connectivity index (χ0) is 12.7. The predicted molar refractivity (Wildman–Crippen MR) is 74.1 cm³/mol. The van der Waals surface area contributed by atoms with Gasteiger partial charge in [-0.15, -0.1) is 23.5 Å². The Balaban J connectivity index is 2.47. The Morgan fingerprint density at radius 3 is 2.29 bits per heavy atom. The molecule has 0 fully saturated rings. The maximum absolute atomic E-state index is 11.7. The molecule has 0 saturated carbocycles. The van der Waals surface area contributed by atoms with Crippen LogP contribution in [0.5, 0.6) is 0 Å². The molecule has 0 aliphatic carbocycles. The van der Waals surface area contributed by atoms with Gasteiger partial charge in [-0.3, -0.25) is 9.59 Å². The number of rotatable bonds is 6. The Bertz CT molecular complexity index is 377. The summed E-state index contributed by atoms with van der Waals surface area (Å²) < 4.78 is -0.314. The van der Waals surface area contributed by atoms with Crippen molar-refractivity contribution in [2.75, 3.05) is 12.5 Å². The normalized spacial score (nSPS) is 10.3. The summed E-state index contributed by atoms with van der Waals surface area (Å²) in [7, 11) is 0. The summed E-state index contributed by atoms with van der Waals surface area (Å²) in [5, 5.41) is 2.63. The number of Topliss-reactive ketones (excluding diaryl/α,β-unsaturated/α-hetero) is 1. The van der Waals surface area contributed by atoms with Crippen molar-refractivity contribution in [3.63, 3.8) is 0 Å². The van der Waals surface area contributed by atoms with Gasteiger partial charge in [0, 0.05) is 6.54 Å². The van der Waals surface area contributed by atoms with Crippen molar-refractivity contribution in [3.8, 4) is 0 Å². The molecule has 3 nitrogen and oxygen atoms in total. The number of carbonyl (C=O) groups is 2. The van der Waals surface area contributed by atoms with E-state index in [1.54, 1.807) is 0 Å². The van der Waals surface area contributed by atoms with Crippen LogP contribution in [-0.4, -0.2) is 28.8 Å². The van der Waals surface area contributed by atoms with Crippen LogP contribution in [0.2, 0.25) is 0 Å². The molecule has 1 aromatic rings. The maximum Gasteiger partial charge on any atom is 0.289 e. The van der Waals surface area contributed by atoms with E-state index in [4.69, 9.17) is 0 Å². The minimum atomic E-state index is -0.512. The molecular formula is C12H15NO2S2. The van der Waals surface area contributed by atoms with Crippen LogP contribution < -0.4 is 5.32 Å². The lowest BCUT2D eigenvalue weighted by Gasteiger charge is -2.10. The zero-order valence-electron chi connectivity index (χ0n) is 9.80. The number of thioether (sulfide) groups is 2. The summed E-state index contributed by atoms with van der Waals surface area (Å²) in [6.07, 6.45) is 3.65. The van der Waals surface area contributed by atoms with Crippen LogP contribution in [0.3, 0.4) is 0 Å². The minimum absolute atomic E-state index is 0.314.